The fraction of sp³-hybridized carbons (Fsp3) is 0.400. The van der Waals surface area contributed by atoms with Crippen LogP contribution in [0, 0.1) is 10.1 Å². The Morgan fingerprint density at radius 1 is 1.02 bits per heavy atom. The highest BCUT2D eigenvalue weighted by Crippen LogP contribution is 2.55. The van der Waals surface area contributed by atoms with Crippen molar-refractivity contribution < 1.29 is 28.2 Å². The number of carbonyl (C=O) groups is 1. The number of carbonyl (C=O) groups excluding carboxylic acids is 1. The van der Waals surface area contributed by atoms with Gasteiger partial charge < -0.3 is 13.9 Å². The van der Waals surface area contributed by atoms with Gasteiger partial charge in [0.2, 0.25) is 0 Å². The van der Waals surface area contributed by atoms with Crippen molar-refractivity contribution in [2.75, 3.05) is 19.4 Å². The van der Waals surface area contributed by atoms with Crippen LogP contribution in [0.4, 0.5) is 5.69 Å². The van der Waals surface area contributed by atoms with Crippen LogP contribution >= 0.6 is 7.60 Å². The van der Waals surface area contributed by atoms with E-state index in [2.05, 4.69) is 32.2 Å². The molecule has 0 spiro atoms. The number of rotatable bonds is 16. The zero-order valence-electron chi connectivity index (χ0n) is 23.4. The Hall–Kier alpha value is -3.39. The summed E-state index contributed by atoms with van der Waals surface area (Å²) in [6.07, 6.45) is 6.49. The normalized spacial score (nSPS) is 13.8. The molecule has 0 fully saturated rings. The third-order valence-electron chi connectivity index (χ3n) is 6.93. The summed E-state index contributed by atoms with van der Waals surface area (Å²) >= 11 is 0. The topological polar surface area (TPSA) is 117 Å². The summed E-state index contributed by atoms with van der Waals surface area (Å²) in [6, 6.07) is 11.0. The summed E-state index contributed by atoms with van der Waals surface area (Å²) in [6.45, 7) is 12.8. The quantitative estimate of drug-likeness (QED) is 0.0508. The Labute approximate surface area is 235 Å². The van der Waals surface area contributed by atoms with Crippen LogP contribution < -0.4 is 0 Å². The van der Waals surface area contributed by atoms with Gasteiger partial charge >= 0.3 is 13.6 Å². The molecule has 1 aliphatic rings. The van der Waals surface area contributed by atoms with E-state index in [0.29, 0.717) is 11.3 Å². The van der Waals surface area contributed by atoms with Crippen LogP contribution in [0.2, 0.25) is 0 Å². The lowest BCUT2D eigenvalue weighted by Gasteiger charge is -2.32. The number of nitrogens with zero attached hydrogens (tertiary/aromatic N) is 2. The SMILES string of the molecule is C=CCOP(=O)(CC/C(=N\OC(C)=O)c1ccc2c(c1)C(CCC)(CCC)c1cc([N+](=O)[O-])ccc1-2)OCC=C. The van der Waals surface area contributed by atoms with Crippen LogP contribution in [-0.4, -0.2) is 36.0 Å². The van der Waals surface area contributed by atoms with Crippen molar-refractivity contribution in [3.63, 3.8) is 0 Å². The van der Waals surface area contributed by atoms with Crippen LogP contribution in [-0.2, 0) is 28.7 Å². The Morgan fingerprint density at radius 2 is 1.60 bits per heavy atom. The van der Waals surface area contributed by atoms with Gasteiger partial charge in [-0.1, -0.05) is 56.1 Å². The molecule has 214 valence electrons. The van der Waals surface area contributed by atoms with E-state index in [1.54, 1.807) is 12.1 Å². The van der Waals surface area contributed by atoms with Gasteiger partial charge in [-0.2, -0.15) is 0 Å². The monoisotopic (exact) mass is 568 g/mol. The zero-order chi connectivity index (χ0) is 29.3. The number of nitro groups is 1. The van der Waals surface area contributed by atoms with Crippen LogP contribution in [0.5, 0.6) is 0 Å². The molecular weight excluding hydrogens is 531 g/mol. The highest BCUT2D eigenvalue weighted by molar-refractivity contribution is 7.53. The predicted molar refractivity (Wildman–Crippen MR) is 157 cm³/mol. The fourth-order valence-corrected chi connectivity index (χ4v) is 6.88. The Balaban J connectivity index is 2.11. The minimum atomic E-state index is -3.53. The second-order valence-corrected chi connectivity index (χ2v) is 11.9. The first-order valence-corrected chi connectivity index (χ1v) is 15.2. The van der Waals surface area contributed by atoms with Crippen molar-refractivity contribution >= 4 is 25.0 Å². The third kappa shape index (κ3) is 6.84. The molecular formula is C30H37N2O7P. The van der Waals surface area contributed by atoms with E-state index in [1.807, 2.05) is 24.3 Å². The number of oxime groups is 1. The van der Waals surface area contributed by atoms with Gasteiger partial charge in [0, 0.05) is 30.9 Å². The average Bonchev–Trinajstić information content (AvgIpc) is 3.19. The van der Waals surface area contributed by atoms with Gasteiger partial charge in [0.1, 0.15) is 0 Å². The van der Waals surface area contributed by atoms with Crippen molar-refractivity contribution in [1.29, 1.82) is 0 Å². The molecule has 0 heterocycles. The molecule has 10 heteroatoms. The third-order valence-corrected chi connectivity index (χ3v) is 8.78. The van der Waals surface area contributed by atoms with E-state index in [4.69, 9.17) is 13.9 Å². The number of fused-ring (bicyclic) bond motifs is 3. The van der Waals surface area contributed by atoms with Gasteiger partial charge in [0.25, 0.3) is 5.69 Å². The molecule has 0 saturated heterocycles. The lowest BCUT2D eigenvalue weighted by Crippen LogP contribution is -2.25. The molecule has 9 nitrogen and oxygen atoms in total. The second kappa shape index (κ2) is 13.8. The van der Waals surface area contributed by atoms with E-state index in [9.17, 15) is 19.5 Å². The largest absolute Gasteiger partial charge is 0.331 e. The summed E-state index contributed by atoms with van der Waals surface area (Å²) in [7, 11) is -3.53. The van der Waals surface area contributed by atoms with Crippen LogP contribution in [0.15, 0.2) is 66.9 Å². The number of hydrogen-bond donors (Lipinski definition) is 0. The zero-order valence-corrected chi connectivity index (χ0v) is 24.3. The fourth-order valence-electron chi connectivity index (χ4n) is 5.40. The standard InChI is InChI=1S/C30H37N2O7P/c1-6-15-30(16-7-2)27-20-23(10-12-25(27)26-13-11-24(32(34)35)21-28(26)30)29(31-39-22(5)33)14-19-40(36,37-17-8-3)38-18-9-4/h8-13,20-21H,3-4,6-7,14-19H2,1-2,5H3/b31-29+. The molecule has 40 heavy (non-hydrogen) atoms. The maximum absolute atomic E-state index is 13.3. The maximum atomic E-state index is 13.3. The van der Waals surface area contributed by atoms with Crippen LogP contribution in [0.25, 0.3) is 11.1 Å². The number of hydrogen-bond acceptors (Lipinski definition) is 8. The van der Waals surface area contributed by atoms with Crippen molar-refractivity contribution in [3.05, 3.63) is 88.5 Å². The lowest BCUT2D eigenvalue weighted by molar-refractivity contribution is -0.384. The Morgan fingerprint density at radius 3 is 2.12 bits per heavy atom. The highest BCUT2D eigenvalue weighted by Gasteiger charge is 2.43. The molecule has 3 rings (SSSR count). The summed E-state index contributed by atoms with van der Waals surface area (Å²) < 4.78 is 24.3. The molecule has 0 unspecified atom stereocenters. The van der Waals surface area contributed by atoms with Crippen molar-refractivity contribution in [1.82, 2.24) is 0 Å². The van der Waals surface area contributed by atoms with Gasteiger partial charge in [-0.3, -0.25) is 14.7 Å². The van der Waals surface area contributed by atoms with E-state index in [1.165, 1.54) is 19.1 Å². The molecule has 0 N–H and O–H groups in total. The maximum Gasteiger partial charge on any atom is 0.331 e. The van der Waals surface area contributed by atoms with E-state index >= 15 is 0 Å². The average molecular weight is 569 g/mol. The Kier molecular flexibility index (Phi) is 10.7. The van der Waals surface area contributed by atoms with Gasteiger partial charge in [0.05, 0.1) is 30.0 Å². The van der Waals surface area contributed by atoms with Crippen molar-refractivity contribution in [3.8, 4) is 11.1 Å². The smallest absolute Gasteiger partial charge is 0.318 e. The highest BCUT2D eigenvalue weighted by atomic mass is 31.2. The number of non-ortho nitro benzene ring substituents is 1. The molecule has 2 aromatic rings. The molecule has 2 aromatic carbocycles. The second-order valence-electron chi connectivity index (χ2n) is 9.70. The number of benzene rings is 2. The van der Waals surface area contributed by atoms with Crippen molar-refractivity contribution in [2.24, 2.45) is 5.16 Å². The lowest BCUT2D eigenvalue weighted by atomic mass is 9.71. The number of nitro benzene ring substituents is 1. The van der Waals surface area contributed by atoms with E-state index < -0.39 is 19.0 Å². The molecule has 0 saturated carbocycles. The summed E-state index contributed by atoms with van der Waals surface area (Å²) in [5.74, 6) is -0.585. The summed E-state index contributed by atoms with van der Waals surface area (Å²) in [5.41, 5.74) is 4.74. The predicted octanol–water partition coefficient (Wildman–Crippen LogP) is 7.72. The van der Waals surface area contributed by atoms with Gasteiger partial charge in [-0.05, 0) is 52.8 Å². The molecule has 0 radical (unpaired) electrons. The van der Waals surface area contributed by atoms with E-state index in [-0.39, 0.29) is 36.4 Å². The minimum absolute atomic E-state index is 0.00660. The Bertz CT molecular complexity index is 1330. The van der Waals surface area contributed by atoms with Crippen LogP contribution in [0.1, 0.15) is 69.6 Å². The molecule has 0 aliphatic heterocycles. The summed E-state index contributed by atoms with van der Waals surface area (Å²) in [4.78, 5) is 28.0. The van der Waals surface area contributed by atoms with Gasteiger partial charge in [-0.15, -0.1) is 13.2 Å². The first-order chi connectivity index (χ1) is 19.1. The first-order valence-electron chi connectivity index (χ1n) is 13.4. The summed E-state index contributed by atoms with van der Waals surface area (Å²) in [5, 5.41) is 15.8. The molecule has 0 aromatic heterocycles. The van der Waals surface area contributed by atoms with Gasteiger partial charge in [0.15, 0.2) is 0 Å². The van der Waals surface area contributed by atoms with Crippen LogP contribution in [0.3, 0.4) is 0 Å². The molecule has 0 bridgehead atoms. The minimum Gasteiger partial charge on any atom is -0.318 e. The molecule has 0 amide bonds. The molecule has 0 atom stereocenters. The first kappa shape index (κ1) is 31.1. The molecule has 1 aliphatic carbocycles. The van der Waals surface area contributed by atoms with Gasteiger partial charge in [-0.25, -0.2) is 4.79 Å². The van der Waals surface area contributed by atoms with Crippen molar-refractivity contribution in [2.45, 2.75) is 58.3 Å². The van der Waals surface area contributed by atoms with E-state index in [0.717, 1.165) is 47.9 Å².